The van der Waals surface area contributed by atoms with Crippen molar-refractivity contribution in [2.45, 2.75) is 4.90 Å². The zero-order chi connectivity index (χ0) is 24.7. The van der Waals surface area contributed by atoms with E-state index in [0.717, 1.165) is 0 Å². The van der Waals surface area contributed by atoms with Crippen LogP contribution in [0, 0.1) is 0 Å². The van der Waals surface area contributed by atoms with Crippen molar-refractivity contribution >= 4 is 38.9 Å². The number of rotatable bonds is 9. The number of benzene rings is 3. The second-order valence-corrected chi connectivity index (χ2v) is 8.94. The molecule has 0 saturated carbocycles. The molecule has 1 aromatic heterocycles. The maximum Gasteiger partial charge on any atom is 0.291 e. The van der Waals surface area contributed by atoms with Crippen molar-refractivity contribution in [3.05, 3.63) is 103 Å². The number of nitrogens with one attached hydrogen (secondary N) is 3. The molecule has 9 nitrogen and oxygen atoms in total. The molecule has 0 radical (unpaired) electrons. The number of carbonyl (C=O) groups is 2. The number of furan rings is 1. The van der Waals surface area contributed by atoms with Crippen LogP contribution in [-0.2, 0) is 14.8 Å². The quantitative estimate of drug-likeness (QED) is 0.320. The number of para-hydroxylation sites is 2. The monoisotopic (exact) mass is 491 g/mol. The lowest BCUT2D eigenvalue weighted by Crippen LogP contribution is -2.22. The van der Waals surface area contributed by atoms with Gasteiger partial charge in [-0.1, -0.05) is 36.4 Å². The largest absolute Gasteiger partial charge is 0.484 e. The summed E-state index contributed by atoms with van der Waals surface area (Å²) in [4.78, 5) is 24.7. The number of hydrogen-bond donors (Lipinski definition) is 3. The van der Waals surface area contributed by atoms with E-state index in [9.17, 15) is 18.0 Å². The van der Waals surface area contributed by atoms with Gasteiger partial charge >= 0.3 is 0 Å². The Balaban J connectivity index is 1.37. The molecular weight excluding hydrogens is 470 g/mol. The first-order chi connectivity index (χ1) is 16.9. The minimum atomic E-state index is -3.83. The molecule has 2 amide bonds. The van der Waals surface area contributed by atoms with E-state index in [2.05, 4.69) is 15.4 Å². The molecule has 0 aliphatic carbocycles. The van der Waals surface area contributed by atoms with E-state index >= 15 is 0 Å². The van der Waals surface area contributed by atoms with E-state index in [0.29, 0.717) is 11.4 Å². The summed E-state index contributed by atoms with van der Waals surface area (Å²) in [6.07, 6.45) is 1.40. The fourth-order valence-electron chi connectivity index (χ4n) is 3.08. The van der Waals surface area contributed by atoms with E-state index in [4.69, 9.17) is 9.15 Å². The van der Waals surface area contributed by atoms with E-state index in [1.165, 1.54) is 24.5 Å². The minimum Gasteiger partial charge on any atom is -0.484 e. The first-order valence-corrected chi connectivity index (χ1v) is 11.9. The molecule has 0 saturated heterocycles. The Hall–Kier alpha value is -4.57. The first-order valence-electron chi connectivity index (χ1n) is 10.5. The number of amides is 2. The zero-order valence-corrected chi connectivity index (χ0v) is 19.1. The van der Waals surface area contributed by atoms with Crippen molar-refractivity contribution in [3.63, 3.8) is 0 Å². The first kappa shape index (κ1) is 23.6. The summed E-state index contributed by atoms with van der Waals surface area (Å²) in [5.74, 6) is -0.395. The third kappa shape index (κ3) is 6.27. The molecule has 0 bridgehead atoms. The number of carbonyl (C=O) groups excluding carboxylic acids is 2. The van der Waals surface area contributed by atoms with Gasteiger partial charge in [0, 0.05) is 11.8 Å². The number of hydrogen-bond acceptors (Lipinski definition) is 6. The molecule has 0 spiro atoms. The Labute approximate surface area is 201 Å². The molecule has 0 atom stereocenters. The average Bonchev–Trinajstić information content (AvgIpc) is 3.40. The van der Waals surface area contributed by atoms with Crippen LogP contribution in [0.1, 0.15) is 10.6 Å². The van der Waals surface area contributed by atoms with Gasteiger partial charge in [-0.3, -0.25) is 14.3 Å². The number of ether oxygens (including phenoxy) is 1. The van der Waals surface area contributed by atoms with E-state index < -0.39 is 21.8 Å². The van der Waals surface area contributed by atoms with Crippen molar-refractivity contribution < 1.29 is 27.2 Å². The van der Waals surface area contributed by atoms with Crippen molar-refractivity contribution in [1.29, 1.82) is 0 Å². The molecular formula is C25H21N3O6S. The molecule has 0 unspecified atom stereocenters. The summed E-state index contributed by atoms with van der Waals surface area (Å²) in [6.45, 7) is -0.338. The molecule has 0 fully saturated rings. The maximum absolute atomic E-state index is 12.6. The highest BCUT2D eigenvalue weighted by Gasteiger charge is 2.16. The summed E-state index contributed by atoms with van der Waals surface area (Å²) < 4.78 is 38.4. The molecule has 35 heavy (non-hydrogen) atoms. The van der Waals surface area contributed by atoms with Crippen LogP contribution in [0.5, 0.6) is 5.75 Å². The van der Waals surface area contributed by atoms with Crippen LogP contribution >= 0.6 is 0 Å². The van der Waals surface area contributed by atoms with Gasteiger partial charge in [-0.15, -0.1) is 0 Å². The van der Waals surface area contributed by atoms with Crippen LogP contribution in [0.15, 0.2) is 107 Å². The van der Waals surface area contributed by atoms with Gasteiger partial charge in [0.15, 0.2) is 12.4 Å². The van der Waals surface area contributed by atoms with Crippen LogP contribution in [0.2, 0.25) is 0 Å². The van der Waals surface area contributed by atoms with Crippen LogP contribution in [0.4, 0.5) is 17.1 Å². The van der Waals surface area contributed by atoms with Crippen molar-refractivity contribution in [2.75, 3.05) is 22.0 Å². The summed E-state index contributed by atoms with van der Waals surface area (Å²) >= 11 is 0. The fraction of sp³-hybridized carbons (Fsp3) is 0.0400. The van der Waals surface area contributed by atoms with Crippen LogP contribution in [0.25, 0.3) is 0 Å². The summed E-state index contributed by atoms with van der Waals surface area (Å²) in [5.41, 5.74) is 0.956. The highest BCUT2D eigenvalue weighted by Crippen LogP contribution is 2.25. The maximum atomic E-state index is 12.6. The molecule has 1 heterocycles. The summed E-state index contributed by atoms with van der Waals surface area (Å²) in [5, 5.41) is 5.32. The van der Waals surface area contributed by atoms with Crippen molar-refractivity contribution in [3.8, 4) is 5.75 Å². The van der Waals surface area contributed by atoms with Gasteiger partial charge in [0.05, 0.1) is 22.5 Å². The second-order valence-electron chi connectivity index (χ2n) is 7.26. The fourth-order valence-corrected chi connectivity index (χ4v) is 4.18. The molecule has 178 valence electrons. The smallest absolute Gasteiger partial charge is 0.291 e. The Morgan fingerprint density at radius 1 is 0.800 bits per heavy atom. The van der Waals surface area contributed by atoms with Crippen LogP contribution in [0.3, 0.4) is 0 Å². The Kier molecular flexibility index (Phi) is 7.12. The Morgan fingerprint density at radius 3 is 2.29 bits per heavy atom. The summed E-state index contributed by atoms with van der Waals surface area (Å²) in [6, 6.07) is 24.0. The Bertz CT molecular complexity index is 1420. The zero-order valence-electron chi connectivity index (χ0n) is 18.3. The van der Waals surface area contributed by atoms with E-state index in [1.807, 2.05) is 0 Å². The Morgan fingerprint density at radius 2 is 1.54 bits per heavy atom. The molecule has 0 aliphatic heterocycles. The standard InChI is InChI=1S/C25H21N3O6S/c29-24(17-34-19-9-6-8-18(16-19)26-25(30)23-14-7-15-33-23)27-21-12-4-5-13-22(21)28-35(31,32)20-10-2-1-3-11-20/h1-16,28H,17H2,(H,26,30)(H,27,29). The van der Waals surface area contributed by atoms with Crippen LogP contribution in [-0.4, -0.2) is 26.8 Å². The SMILES string of the molecule is O=C(COc1cccc(NC(=O)c2ccco2)c1)Nc1ccccc1NS(=O)(=O)c1ccccc1. The molecule has 3 aromatic carbocycles. The van der Waals surface area contributed by atoms with Crippen molar-refractivity contribution in [1.82, 2.24) is 0 Å². The van der Waals surface area contributed by atoms with Gasteiger partial charge in [0.25, 0.3) is 21.8 Å². The molecule has 10 heteroatoms. The molecule has 0 aliphatic rings. The van der Waals surface area contributed by atoms with Gasteiger partial charge in [0.2, 0.25) is 0 Å². The average molecular weight is 492 g/mol. The normalized spacial score (nSPS) is 10.9. The second kappa shape index (κ2) is 10.6. The van der Waals surface area contributed by atoms with Gasteiger partial charge in [-0.05, 0) is 48.5 Å². The highest BCUT2D eigenvalue weighted by atomic mass is 32.2. The van der Waals surface area contributed by atoms with Gasteiger partial charge < -0.3 is 19.8 Å². The number of anilines is 3. The van der Waals surface area contributed by atoms with Gasteiger partial charge in [-0.25, -0.2) is 8.42 Å². The van der Waals surface area contributed by atoms with E-state index in [-0.39, 0.29) is 28.6 Å². The number of sulfonamides is 1. The van der Waals surface area contributed by atoms with Gasteiger partial charge in [-0.2, -0.15) is 0 Å². The predicted octanol–water partition coefficient (Wildman–Crippen LogP) is 4.35. The lowest BCUT2D eigenvalue weighted by atomic mass is 10.2. The van der Waals surface area contributed by atoms with Crippen molar-refractivity contribution in [2.24, 2.45) is 0 Å². The van der Waals surface area contributed by atoms with E-state index in [1.54, 1.807) is 72.8 Å². The highest BCUT2D eigenvalue weighted by molar-refractivity contribution is 7.92. The lowest BCUT2D eigenvalue weighted by Gasteiger charge is -2.14. The topological polar surface area (TPSA) is 127 Å². The molecule has 4 aromatic rings. The third-order valence-electron chi connectivity index (χ3n) is 4.71. The third-order valence-corrected chi connectivity index (χ3v) is 6.09. The predicted molar refractivity (Wildman–Crippen MR) is 131 cm³/mol. The minimum absolute atomic E-state index is 0.100. The molecule has 4 rings (SSSR count). The van der Waals surface area contributed by atoms with Crippen LogP contribution < -0.4 is 20.1 Å². The van der Waals surface area contributed by atoms with Gasteiger partial charge in [0.1, 0.15) is 5.75 Å². The molecule has 3 N–H and O–H groups in total. The summed E-state index contributed by atoms with van der Waals surface area (Å²) in [7, 11) is -3.83. The lowest BCUT2D eigenvalue weighted by molar-refractivity contribution is -0.118.